The van der Waals surface area contributed by atoms with Crippen LogP contribution in [0, 0.1) is 18.3 Å². The molecule has 0 aliphatic carbocycles. The van der Waals surface area contributed by atoms with E-state index in [0.717, 1.165) is 27.9 Å². The van der Waals surface area contributed by atoms with Gasteiger partial charge in [-0.1, -0.05) is 43.7 Å². The number of amidine groups is 1. The van der Waals surface area contributed by atoms with Gasteiger partial charge in [-0.25, -0.2) is 4.99 Å². The standard InChI is InChI=1S/C24H26N2O3S/c1-5-14-29-21-10-6-18(7-11-21)15-22-23(27)26(16-17(2)3)24(30-22)25-19-8-12-20(28-4)13-9-19/h1,6-13,17,22H,14-16H2,2-4H3/t22-/m0/s1. The van der Waals surface area contributed by atoms with E-state index in [4.69, 9.17) is 20.9 Å². The summed E-state index contributed by atoms with van der Waals surface area (Å²) in [5.41, 5.74) is 1.87. The van der Waals surface area contributed by atoms with E-state index in [2.05, 4.69) is 19.8 Å². The molecule has 1 aliphatic rings. The predicted octanol–water partition coefficient (Wildman–Crippen LogP) is 4.54. The van der Waals surface area contributed by atoms with Crippen molar-refractivity contribution in [2.45, 2.75) is 25.5 Å². The first kappa shape index (κ1) is 21.8. The highest BCUT2D eigenvalue weighted by Gasteiger charge is 2.38. The Labute approximate surface area is 182 Å². The molecule has 1 fully saturated rings. The summed E-state index contributed by atoms with van der Waals surface area (Å²) in [4.78, 5) is 19.7. The summed E-state index contributed by atoms with van der Waals surface area (Å²) in [5, 5.41) is 0.552. The van der Waals surface area contributed by atoms with E-state index in [9.17, 15) is 4.79 Å². The topological polar surface area (TPSA) is 51.1 Å². The minimum atomic E-state index is -0.196. The van der Waals surface area contributed by atoms with E-state index in [1.165, 1.54) is 11.8 Å². The molecule has 0 saturated carbocycles. The van der Waals surface area contributed by atoms with Crippen molar-refractivity contribution in [1.82, 2.24) is 4.90 Å². The van der Waals surface area contributed by atoms with Crippen LogP contribution >= 0.6 is 11.8 Å². The summed E-state index contributed by atoms with van der Waals surface area (Å²) < 4.78 is 10.6. The first-order valence-electron chi connectivity index (χ1n) is 9.86. The molecule has 5 nitrogen and oxygen atoms in total. The number of terminal acetylenes is 1. The second kappa shape index (κ2) is 10.2. The number of aliphatic imine (C=N–C) groups is 1. The zero-order valence-corrected chi connectivity index (χ0v) is 18.3. The van der Waals surface area contributed by atoms with E-state index >= 15 is 0 Å². The zero-order valence-electron chi connectivity index (χ0n) is 17.5. The predicted molar refractivity (Wildman–Crippen MR) is 122 cm³/mol. The summed E-state index contributed by atoms with van der Waals surface area (Å²) in [7, 11) is 1.63. The Bertz CT molecular complexity index is 930. The van der Waals surface area contributed by atoms with Gasteiger partial charge in [0.25, 0.3) is 0 Å². The molecule has 30 heavy (non-hydrogen) atoms. The molecule has 2 aromatic rings. The van der Waals surface area contributed by atoms with E-state index < -0.39 is 0 Å². The maximum absolute atomic E-state index is 13.1. The summed E-state index contributed by atoms with van der Waals surface area (Å²) in [6.07, 6.45) is 5.86. The Morgan fingerprint density at radius 3 is 2.40 bits per heavy atom. The van der Waals surface area contributed by atoms with Crippen LogP contribution in [0.25, 0.3) is 0 Å². The SMILES string of the molecule is C#CCOc1ccc(C[C@@H]2SC(=Nc3ccc(OC)cc3)N(CC(C)C)C2=O)cc1. The highest BCUT2D eigenvalue weighted by atomic mass is 32.2. The Balaban J connectivity index is 1.76. The summed E-state index contributed by atoms with van der Waals surface area (Å²) in [5.74, 6) is 4.41. The lowest BCUT2D eigenvalue weighted by Crippen LogP contribution is -2.35. The number of thioether (sulfide) groups is 1. The van der Waals surface area contributed by atoms with Gasteiger partial charge in [-0.15, -0.1) is 6.42 Å². The van der Waals surface area contributed by atoms with E-state index in [-0.39, 0.29) is 17.8 Å². The van der Waals surface area contributed by atoms with Crippen LogP contribution in [-0.2, 0) is 11.2 Å². The molecule has 1 heterocycles. The molecule has 0 spiro atoms. The average molecular weight is 423 g/mol. The van der Waals surface area contributed by atoms with Crippen molar-refractivity contribution in [3.63, 3.8) is 0 Å². The molecule has 1 amide bonds. The number of amides is 1. The Morgan fingerprint density at radius 1 is 1.13 bits per heavy atom. The smallest absolute Gasteiger partial charge is 0.242 e. The molecule has 0 N–H and O–H groups in total. The molecule has 0 radical (unpaired) electrons. The lowest BCUT2D eigenvalue weighted by Gasteiger charge is -2.18. The second-order valence-corrected chi connectivity index (χ2v) is 8.55. The fraction of sp³-hybridized carbons (Fsp3) is 0.333. The zero-order chi connectivity index (χ0) is 21.5. The quantitative estimate of drug-likeness (QED) is 0.586. The molecule has 1 atom stereocenters. The number of nitrogens with zero attached hydrogens (tertiary/aromatic N) is 2. The lowest BCUT2D eigenvalue weighted by atomic mass is 10.1. The van der Waals surface area contributed by atoms with Crippen molar-refractivity contribution in [3.8, 4) is 23.8 Å². The van der Waals surface area contributed by atoms with Gasteiger partial charge in [0.2, 0.25) is 5.91 Å². The van der Waals surface area contributed by atoms with E-state index in [1.54, 1.807) is 7.11 Å². The van der Waals surface area contributed by atoms with Crippen molar-refractivity contribution in [3.05, 3.63) is 54.1 Å². The molecular weight excluding hydrogens is 396 g/mol. The Morgan fingerprint density at radius 2 is 1.80 bits per heavy atom. The largest absolute Gasteiger partial charge is 0.497 e. The fourth-order valence-corrected chi connectivity index (χ4v) is 4.29. The third kappa shape index (κ3) is 5.58. The molecule has 3 rings (SSSR count). The average Bonchev–Trinajstić information content (AvgIpc) is 3.02. The number of carbonyl (C=O) groups excluding carboxylic acids is 1. The number of benzene rings is 2. The van der Waals surface area contributed by atoms with E-state index in [0.29, 0.717) is 18.9 Å². The second-order valence-electron chi connectivity index (χ2n) is 7.38. The minimum absolute atomic E-state index is 0.105. The van der Waals surface area contributed by atoms with Crippen LogP contribution < -0.4 is 9.47 Å². The highest BCUT2D eigenvalue weighted by Crippen LogP contribution is 2.33. The molecule has 1 saturated heterocycles. The van der Waals surface area contributed by atoms with Crippen LogP contribution in [0.1, 0.15) is 19.4 Å². The number of rotatable bonds is 8. The van der Waals surface area contributed by atoms with Gasteiger partial charge < -0.3 is 9.47 Å². The first-order valence-corrected chi connectivity index (χ1v) is 10.7. The van der Waals surface area contributed by atoms with Gasteiger partial charge in [0.1, 0.15) is 18.1 Å². The monoisotopic (exact) mass is 422 g/mol. The number of hydrogen-bond acceptors (Lipinski definition) is 5. The lowest BCUT2D eigenvalue weighted by molar-refractivity contribution is -0.126. The molecule has 0 aromatic heterocycles. The van der Waals surface area contributed by atoms with Crippen LogP contribution in [0.2, 0.25) is 0 Å². The van der Waals surface area contributed by atoms with Crippen LogP contribution in [0.3, 0.4) is 0 Å². The van der Waals surface area contributed by atoms with Gasteiger partial charge >= 0.3 is 0 Å². The number of ether oxygens (including phenoxy) is 2. The molecule has 0 unspecified atom stereocenters. The van der Waals surface area contributed by atoms with Crippen molar-refractivity contribution >= 4 is 28.5 Å². The summed E-state index contributed by atoms with van der Waals surface area (Å²) in [6.45, 7) is 5.10. The maximum Gasteiger partial charge on any atom is 0.242 e. The number of carbonyl (C=O) groups is 1. The normalized spacial score (nSPS) is 17.4. The molecule has 1 aliphatic heterocycles. The molecule has 156 valence electrons. The van der Waals surface area contributed by atoms with Gasteiger partial charge in [-0.3, -0.25) is 9.69 Å². The van der Waals surface area contributed by atoms with Crippen LogP contribution in [-0.4, -0.2) is 41.5 Å². The Kier molecular flexibility index (Phi) is 7.42. The van der Waals surface area contributed by atoms with Gasteiger partial charge in [0.15, 0.2) is 5.17 Å². The third-order valence-electron chi connectivity index (χ3n) is 4.53. The minimum Gasteiger partial charge on any atom is -0.497 e. The molecule has 2 aromatic carbocycles. The van der Waals surface area contributed by atoms with Crippen LogP contribution in [0.15, 0.2) is 53.5 Å². The first-order chi connectivity index (χ1) is 14.5. The van der Waals surface area contributed by atoms with Gasteiger partial charge in [0, 0.05) is 6.54 Å². The van der Waals surface area contributed by atoms with Gasteiger partial charge in [-0.2, -0.15) is 0 Å². The fourth-order valence-electron chi connectivity index (χ4n) is 3.09. The van der Waals surface area contributed by atoms with Crippen molar-refractivity contribution in [2.24, 2.45) is 10.9 Å². The summed E-state index contributed by atoms with van der Waals surface area (Å²) in [6, 6.07) is 15.3. The van der Waals surface area contributed by atoms with Gasteiger partial charge in [0.05, 0.1) is 18.0 Å². The molecular formula is C24H26N2O3S. The number of hydrogen-bond donors (Lipinski definition) is 0. The van der Waals surface area contributed by atoms with Crippen molar-refractivity contribution < 1.29 is 14.3 Å². The highest BCUT2D eigenvalue weighted by molar-refractivity contribution is 8.15. The number of methoxy groups -OCH3 is 1. The van der Waals surface area contributed by atoms with Gasteiger partial charge in [-0.05, 0) is 54.3 Å². The van der Waals surface area contributed by atoms with Crippen molar-refractivity contribution in [2.75, 3.05) is 20.3 Å². The molecule has 0 bridgehead atoms. The maximum atomic E-state index is 13.1. The van der Waals surface area contributed by atoms with Crippen LogP contribution in [0.4, 0.5) is 5.69 Å². The van der Waals surface area contributed by atoms with E-state index in [1.807, 2.05) is 53.4 Å². The summed E-state index contributed by atoms with van der Waals surface area (Å²) >= 11 is 1.52. The van der Waals surface area contributed by atoms with Crippen molar-refractivity contribution in [1.29, 1.82) is 0 Å². The molecule has 6 heteroatoms. The third-order valence-corrected chi connectivity index (χ3v) is 5.71. The Hall–Kier alpha value is -2.91. The van der Waals surface area contributed by atoms with Crippen LogP contribution in [0.5, 0.6) is 11.5 Å².